The molecule has 0 atom stereocenters. The molecule has 5 nitrogen and oxygen atoms in total. The molecule has 0 aromatic rings. The molecular weight excluding hydrogens is 409 g/mol. The van der Waals surface area contributed by atoms with Gasteiger partial charge in [0, 0.05) is 12.1 Å². The Hall–Kier alpha value is -0.0425. The van der Waals surface area contributed by atoms with Crippen LogP contribution in [0.5, 0.6) is 0 Å². The minimum atomic E-state index is -2.93. The Bertz CT molecular complexity index is 485. The molecule has 0 heterocycles. The average molecular weight is 451 g/mol. The molecule has 0 aliphatic heterocycles. The molecule has 0 fully saturated rings. The third kappa shape index (κ3) is 10.9. The molecule has 0 N–H and O–H groups in total. The van der Waals surface area contributed by atoms with Crippen molar-refractivity contribution >= 4 is 39.7 Å². The lowest BCUT2D eigenvalue weighted by molar-refractivity contribution is -0.137. The van der Waals surface area contributed by atoms with Gasteiger partial charge in [0.1, 0.15) is 0 Å². The number of rotatable bonds is 11. The van der Waals surface area contributed by atoms with Gasteiger partial charge in [-0.05, 0) is 63.8 Å². The van der Waals surface area contributed by atoms with Crippen molar-refractivity contribution in [2.45, 2.75) is 90.7 Å². The van der Waals surface area contributed by atoms with Gasteiger partial charge in [0.05, 0.1) is 6.61 Å². The van der Waals surface area contributed by atoms with E-state index in [2.05, 4.69) is 79.7 Å². The van der Waals surface area contributed by atoms with E-state index in [9.17, 15) is 4.79 Å². The fraction of sp³-hybridized carbons (Fsp3) is 0.833. The third-order valence-electron chi connectivity index (χ3n) is 4.18. The minimum absolute atomic E-state index is 0.0617. The predicted molar refractivity (Wildman–Crippen MR) is 123 cm³/mol. The monoisotopic (exact) mass is 450 g/mol. The second-order valence-corrected chi connectivity index (χ2v) is 27.7. The molecule has 0 aromatic heterocycles. The minimum Gasteiger partial charge on any atom is -0.463 e. The summed E-state index contributed by atoms with van der Waals surface area (Å²) in [5.41, 5.74) is 0. The van der Waals surface area contributed by atoms with E-state index >= 15 is 0 Å². The van der Waals surface area contributed by atoms with Crippen molar-refractivity contribution in [3.8, 4) is 0 Å². The summed E-state index contributed by atoms with van der Waals surface area (Å²) in [5, 5.41) is 0.0617. The lowest BCUT2D eigenvalue weighted by Gasteiger charge is -2.47. The smallest absolute Gasteiger partial charge is 0.463 e. The summed E-state index contributed by atoms with van der Waals surface area (Å²) >= 11 is 0. The predicted octanol–water partition coefficient (Wildman–Crippen LogP) is 5.77. The fourth-order valence-corrected chi connectivity index (χ4v) is 17.4. The first kappa shape index (κ1) is 27.0. The van der Waals surface area contributed by atoms with Crippen LogP contribution < -0.4 is 0 Å². The van der Waals surface area contributed by atoms with Crippen molar-refractivity contribution in [1.82, 2.24) is 0 Å². The van der Waals surface area contributed by atoms with Crippen molar-refractivity contribution in [3.63, 3.8) is 0 Å². The van der Waals surface area contributed by atoms with Crippen molar-refractivity contribution < 1.29 is 21.9 Å². The van der Waals surface area contributed by atoms with Crippen LogP contribution in [0.4, 0.5) is 0 Å². The maximum absolute atomic E-state index is 11.4. The topological polar surface area (TPSA) is 54.0 Å². The van der Waals surface area contributed by atoms with Gasteiger partial charge in [-0.15, -0.1) is 0 Å². The molecule has 0 aliphatic carbocycles. The molecule has 0 rings (SSSR count). The van der Waals surface area contributed by atoms with Crippen LogP contribution in [0.3, 0.4) is 0 Å². The molecule has 27 heavy (non-hydrogen) atoms. The molecule has 160 valence electrons. The maximum atomic E-state index is 11.4. The Morgan fingerprint density at radius 2 is 1.33 bits per heavy atom. The Balaban J connectivity index is 5.73. The average Bonchev–Trinajstić information content (AvgIpc) is 2.37. The molecule has 0 unspecified atom stereocenters. The summed E-state index contributed by atoms with van der Waals surface area (Å²) in [5.74, 6) is -0.398. The van der Waals surface area contributed by atoms with Crippen LogP contribution in [-0.4, -0.2) is 46.3 Å². The van der Waals surface area contributed by atoms with Crippen LogP contribution in [-0.2, 0) is 21.9 Å². The van der Waals surface area contributed by atoms with Crippen molar-refractivity contribution in [2.75, 3.05) is 6.61 Å². The van der Waals surface area contributed by atoms with E-state index in [1.54, 1.807) is 0 Å². The van der Waals surface area contributed by atoms with Gasteiger partial charge >= 0.3 is 14.8 Å². The summed E-state index contributed by atoms with van der Waals surface area (Å²) in [7, 11) is -8.84. The highest BCUT2D eigenvalue weighted by Crippen LogP contribution is 2.41. The number of esters is 1. The largest absolute Gasteiger partial charge is 0.469 e. The van der Waals surface area contributed by atoms with Gasteiger partial charge in [0.25, 0.3) is 0 Å². The molecule has 0 bridgehead atoms. The van der Waals surface area contributed by atoms with Crippen molar-refractivity contribution in [2.24, 2.45) is 0 Å². The van der Waals surface area contributed by atoms with E-state index in [0.717, 1.165) is 0 Å². The first-order valence-electron chi connectivity index (χ1n) is 9.72. The lowest BCUT2D eigenvalue weighted by Crippen LogP contribution is -2.62. The highest BCUT2D eigenvalue weighted by molar-refractivity contribution is 6.90. The molecule has 0 aromatic carbocycles. The fourth-order valence-electron chi connectivity index (χ4n) is 2.21. The molecule has 9 heteroatoms. The Labute approximate surface area is 171 Å². The zero-order valence-corrected chi connectivity index (χ0v) is 23.4. The standard InChI is InChI=1S/C18H42O5Si4/c1-13-17(19)20-15-14-16-27(21-24(5,6)7,22-25(8,9)10)23-26(11,12)18(2,3)4/h13H,1,14-16H2,2-12H3. The van der Waals surface area contributed by atoms with Crippen LogP contribution in [0.1, 0.15) is 27.2 Å². The van der Waals surface area contributed by atoms with Gasteiger partial charge in [-0.2, -0.15) is 0 Å². The number of carbonyl (C=O) groups excluding carboxylic acids is 1. The van der Waals surface area contributed by atoms with Gasteiger partial charge in [-0.1, -0.05) is 27.4 Å². The Kier molecular flexibility index (Phi) is 9.62. The normalized spacial score (nSPS) is 14.2. The van der Waals surface area contributed by atoms with Crippen molar-refractivity contribution in [3.05, 3.63) is 12.7 Å². The van der Waals surface area contributed by atoms with Crippen LogP contribution in [0.2, 0.25) is 63.5 Å². The van der Waals surface area contributed by atoms with Crippen LogP contribution in [0, 0.1) is 0 Å². The zero-order valence-electron chi connectivity index (χ0n) is 19.4. The van der Waals surface area contributed by atoms with E-state index in [1.165, 1.54) is 6.08 Å². The summed E-state index contributed by atoms with van der Waals surface area (Å²) in [6, 6.07) is 0.665. The quantitative estimate of drug-likeness (QED) is 0.173. The molecular formula is C18H42O5Si4. The molecule has 0 aliphatic rings. The van der Waals surface area contributed by atoms with E-state index in [4.69, 9.17) is 17.1 Å². The van der Waals surface area contributed by atoms with Crippen LogP contribution in [0.15, 0.2) is 12.7 Å². The Morgan fingerprint density at radius 3 is 1.67 bits per heavy atom. The summed E-state index contributed by atoms with van der Waals surface area (Å²) in [6.45, 7) is 28.0. The van der Waals surface area contributed by atoms with E-state index in [-0.39, 0.29) is 5.04 Å². The van der Waals surface area contributed by atoms with Gasteiger partial charge in [0.2, 0.25) is 0 Å². The highest BCUT2D eigenvalue weighted by Gasteiger charge is 2.53. The first-order chi connectivity index (χ1) is 11.8. The molecule has 0 saturated heterocycles. The molecule has 0 radical (unpaired) electrons. The highest BCUT2D eigenvalue weighted by atomic mass is 28.5. The lowest BCUT2D eigenvalue weighted by atomic mass is 10.2. The molecule has 0 saturated carbocycles. The molecule has 0 amide bonds. The second kappa shape index (κ2) is 9.64. The van der Waals surface area contributed by atoms with Gasteiger partial charge < -0.3 is 17.1 Å². The Morgan fingerprint density at radius 1 is 0.889 bits per heavy atom. The summed E-state index contributed by atoms with van der Waals surface area (Å²) in [6.07, 6.45) is 1.85. The molecule has 0 spiro atoms. The second-order valence-electron chi connectivity index (χ2n) is 10.4. The van der Waals surface area contributed by atoms with E-state index in [0.29, 0.717) is 19.1 Å². The van der Waals surface area contributed by atoms with Gasteiger partial charge in [0.15, 0.2) is 25.0 Å². The van der Waals surface area contributed by atoms with Crippen LogP contribution >= 0.6 is 0 Å². The first-order valence-corrected chi connectivity index (χ1v) is 21.4. The number of carbonyl (C=O) groups is 1. The number of ether oxygens (including phenoxy) is 1. The van der Waals surface area contributed by atoms with E-state index < -0.39 is 39.7 Å². The van der Waals surface area contributed by atoms with E-state index in [1.807, 2.05) is 0 Å². The summed E-state index contributed by atoms with van der Waals surface area (Å²) in [4.78, 5) is 11.4. The van der Waals surface area contributed by atoms with Crippen molar-refractivity contribution in [1.29, 1.82) is 0 Å². The van der Waals surface area contributed by atoms with Crippen LogP contribution in [0.25, 0.3) is 0 Å². The van der Waals surface area contributed by atoms with Gasteiger partial charge in [-0.3, -0.25) is 0 Å². The SMILES string of the molecule is C=CC(=O)OCCC[Si](O[Si](C)(C)C)(O[Si](C)(C)C)O[Si](C)(C)C(C)(C)C. The summed E-state index contributed by atoms with van der Waals surface area (Å²) < 4.78 is 25.5. The van der Waals surface area contributed by atoms with Gasteiger partial charge in [-0.25, -0.2) is 4.79 Å². The number of hydrogen-bond donors (Lipinski definition) is 0. The third-order valence-corrected chi connectivity index (χ3v) is 19.4. The zero-order chi connectivity index (χ0) is 21.7. The maximum Gasteiger partial charge on any atom is 0.469 e. The number of hydrogen-bond acceptors (Lipinski definition) is 5.